The van der Waals surface area contributed by atoms with Gasteiger partial charge in [-0.3, -0.25) is 0 Å². The Labute approximate surface area is 49.3 Å². The lowest BCUT2D eigenvalue weighted by Crippen LogP contribution is -1.71. The Morgan fingerprint density at radius 3 is 2.57 bits per heavy atom. The molecule has 0 aliphatic rings. The summed E-state index contributed by atoms with van der Waals surface area (Å²) in [5.41, 5.74) is 1.20. The maximum Gasteiger partial charge on any atom is 0.0179 e. The normalized spacial score (nSPS) is 8.14. The highest BCUT2D eigenvalue weighted by Gasteiger charge is 1.78. The molecule has 0 fully saturated rings. The zero-order valence-electron chi connectivity index (χ0n) is 4.61. The molecule has 0 aromatic heterocycles. The number of hydrogen-bond acceptors (Lipinski definition) is 1. The van der Waals surface area contributed by atoms with Crippen LogP contribution in [0.5, 0.6) is 0 Å². The van der Waals surface area contributed by atoms with Crippen LogP contribution < -0.4 is 0 Å². The predicted molar refractivity (Wildman–Crippen MR) is 37.5 cm³/mol. The van der Waals surface area contributed by atoms with Crippen LogP contribution in [0.1, 0.15) is 6.92 Å². The molecule has 0 atom stereocenters. The van der Waals surface area contributed by atoms with Gasteiger partial charge in [0.25, 0.3) is 0 Å². The summed E-state index contributed by atoms with van der Waals surface area (Å²) >= 11 is 1.68. The molecule has 0 aromatic carbocycles. The van der Waals surface area contributed by atoms with Gasteiger partial charge in [0.15, 0.2) is 0 Å². The van der Waals surface area contributed by atoms with Gasteiger partial charge in [-0.1, -0.05) is 18.7 Å². The average Bonchev–Trinajstić information content (AvgIpc) is 1.61. The molecule has 40 valence electrons. The minimum Gasteiger partial charge on any atom is -0.130 e. The largest absolute Gasteiger partial charge is 0.130 e. The summed E-state index contributed by atoms with van der Waals surface area (Å²) in [5, 5.41) is 1.83. The van der Waals surface area contributed by atoms with Gasteiger partial charge in [-0.25, -0.2) is 0 Å². The molecule has 7 heavy (non-hydrogen) atoms. The molecule has 0 unspecified atom stereocenters. The fourth-order valence-corrected chi connectivity index (χ4v) is 0.604. The first-order valence-electron chi connectivity index (χ1n) is 2.14. The number of rotatable bonds is 3. The third-order valence-corrected chi connectivity index (χ3v) is 1.34. The third kappa shape index (κ3) is 5.83. The summed E-state index contributed by atoms with van der Waals surface area (Å²) in [6.07, 6.45) is 0. The van der Waals surface area contributed by atoms with Crippen molar-refractivity contribution >= 4 is 11.8 Å². The second kappa shape index (κ2) is 4.00. The lowest BCUT2D eigenvalue weighted by Gasteiger charge is -1.88. The van der Waals surface area contributed by atoms with Crippen molar-refractivity contribution < 1.29 is 0 Å². The third-order valence-electron chi connectivity index (χ3n) is 0.448. The van der Waals surface area contributed by atoms with E-state index in [0.717, 1.165) is 5.75 Å². The van der Waals surface area contributed by atoms with E-state index in [1.54, 1.807) is 11.8 Å². The Balaban J connectivity index is 2.97. The SMILES string of the molecule is C=CSCC(=C)C. The average molecular weight is 114 g/mol. The molecule has 0 radical (unpaired) electrons. The van der Waals surface area contributed by atoms with Crippen molar-refractivity contribution in [2.45, 2.75) is 6.92 Å². The van der Waals surface area contributed by atoms with Crippen molar-refractivity contribution in [3.8, 4) is 0 Å². The van der Waals surface area contributed by atoms with Crippen molar-refractivity contribution in [1.29, 1.82) is 0 Å². The molecule has 0 aliphatic carbocycles. The van der Waals surface area contributed by atoms with Crippen LogP contribution >= 0.6 is 11.8 Å². The molecule has 0 saturated heterocycles. The first-order valence-corrected chi connectivity index (χ1v) is 3.19. The lowest BCUT2D eigenvalue weighted by molar-refractivity contribution is 1.44. The molecule has 0 heterocycles. The number of thioether (sulfide) groups is 1. The van der Waals surface area contributed by atoms with Crippen LogP contribution in [0.2, 0.25) is 0 Å². The fraction of sp³-hybridized carbons (Fsp3) is 0.333. The van der Waals surface area contributed by atoms with Gasteiger partial charge in [-0.05, 0) is 12.3 Å². The van der Waals surface area contributed by atoms with Gasteiger partial charge in [0, 0.05) is 5.75 Å². The van der Waals surface area contributed by atoms with E-state index in [1.165, 1.54) is 5.57 Å². The highest BCUT2D eigenvalue weighted by molar-refractivity contribution is 8.02. The molecule has 0 saturated carbocycles. The van der Waals surface area contributed by atoms with Crippen LogP contribution in [0.4, 0.5) is 0 Å². The second-order valence-electron chi connectivity index (χ2n) is 1.43. The minimum atomic E-state index is 1.00. The molecule has 0 rings (SSSR count). The van der Waals surface area contributed by atoms with Crippen molar-refractivity contribution in [1.82, 2.24) is 0 Å². The van der Waals surface area contributed by atoms with Crippen molar-refractivity contribution in [3.05, 3.63) is 24.1 Å². The molecular formula is C6H10S. The van der Waals surface area contributed by atoms with E-state index in [1.807, 2.05) is 12.3 Å². The monoisotopic (exact) mass is 114 g/mol. The Bertz CT molecular complexity index is 74.2. The van der Waals surface area contributed by atoms with Gasteiger partial charge < -0.3 is 0 Å². The summed E-state index contributed by atoms with van der Waals surface area (Å²) < 4.78 is 0. The summed E-state index contributed by atoms with van der Waals surface area (Å²) in [7, 11) is 0. The molecule has 0 nitrogen and oxygen atoms in total. The van der Waals surface area contributed by atoms with E-state index in [0.29, 0.717) is 0 Å². The van der Waals surface area contributed by atoms with Crippen molar-refractivity contribution in [2.75, 3.05) is 5.75 Å². The first kappa shape index (κ1) is 6.83. The molecule has 0 amide bonds. The zero-order chi connectivity index (χ0) is 5.70. The highest BCUT2D eigenvalue weighted by Crippen LogP contribution is 2.04. The molecule has 0 aliphatic heterocycles. The fourth-order valence-electron chi connectivity index (χ4n) is 0.201. The topological polar surface area (TPSA) is 0 Å². The van der Waals surface area contributed by atoms with E-state index in [4.69, 9.17) is 0 Å². The van der Waals surface area contributed by atoms with Gasteiger partial charge >= 0.3 is 0 Å². The van der Waals surface area contributed by atoms with Crippen LogP contribution in [0.15, 0.2) is 24.1 Å². The van der Waals surface area contributed by atoms with E-state index >= 15 is 0 Å². The Hall–Kier alpha value is -0.170. The molecule has 0 bridgehead atoms. The van der Waals surface area contributed by atoms with Crippen LogP contribution in [0.25, 0.3) is 0 Å². The van der Waals surface area contributed by atoms with Crippen LogP contribution in [-0.4, -0.2) is 5.75 Å². The summed E-state index contributed by atoms with van der Waals surface area (Å²) in [4.78, 5) is 0. The standard InChI is InChI=1S/C6H10S/c1-4-7-5-6(2)3/h4H,1-2,5H2,3H3. The lowest BCUT2D eigenvalue weighted by atomic mass is 10.4. The first-order chi connectivity index (χ1) is 3.27. The smallest absolute Gasteiger partial charge is 0.0179 e. The van der Waals surface area contributed by atoms with E-state index < -0.39 is 0 Å². The quantitative estimate of drug-likeness (QED) is 0.508. The molecular weight excluding hydrogens is 104 g/mol. The molecule has 1 heteroatoms. The summed E-state index contributed by atoms with van der Waals surface area (Å²) in [6.45, 7) is 9.29. The number of hydrogen-bond donors (Lipinski definition) is 0. The molecule has 0 aromatic rings. The summed E-state index contributed by atoms with van der Waals surface area (Å²) in [5.74, 6) is 1.00. The van der Waals surface area contributed by atoms with Gasteiger partial charge in [0.1, 0.15) is 0 Å². The maximum atomic E-state index is 3.72. The Morgan fingerprint density at radius 2 is 2.43 bits per heavy atom. The Kier molecular flexibility index (Phi) is 3.90. The molecule has 0 N–H and O–H groups in total. The molecule has 0 spiro atoms. The Morgan fingerprint density at radius 1 is 1.86 bits per heavy atom. The van der Waals surface area contributed by atoms with Gasteiger partial charge in [0.05, 0.1) is 0 Å². The van der Waals surface area contributed by atoms with E-state index in [2.05, 4.69) is 13.2 Å². The zero-order valence-corrected chi connectivity index (χ0v) is 5.42. The summed E-state index contributed by atoms with van der Waals surface area (Å²) in [6, 6.07) is 0. The maximum absolute atomic E-state index is 3.72. The van der Waals surface area contributed by atoms with Crippen molar-refractivity contribution in [3.63, 3.8) is 0 Å². The predicted octanol–water partition coefficient (Wildman–Crippen LogP) is 2.44. The minimum absolute atomic E-state index is 1.00. The van der Waals surface area contributed by atoms with Crippen LogP contribution in [0, 0.1) is 0 Å². The van der Waals surface area contributed by atoms with E-state index in [-0.39, 0.29) is 0 Å². The van der Waals surface area contributed by atoms with Crippen LogP contribution in [0.3, 0.4) is 0 Å². The van der Waals surface area contributed by atoms with Crippen molar-refractivity contribution in [2.24, 2.45) is 0 Å². The van der Waals surface area contributed by atoms with Gasteiger partial charge in [-0.2, -0.15) is 0 Å². The van der Waals surface area contributed by atoms with Crippen LogP contribution in [-0.2, 0) is 0 Å². The highest BCUT2D eigenvalue weighted by atomic mass is 32.2. The van der Waals surface area contributed by atoms with Gasteiger partial charge in [-0.15, -0.1) is 11.8 Å². The second-order valence-corrected chi connectivity index (χ2v) is 2.39. The van der Waals surface area contributed by atoms with Gasteiger partial charge in [0.2, 0.25) is 0 Å². The van der Waals surface area contributed by atoms with E-state index in [9.17, 15) is 0 Å².